The number of aryl methyl sites for hydroxylation is 1. The first-order valence-corrected chi connectivity index (χ1v) is 8.17. The van der Waals surface area contributed by atoms with Crippen molar-refractivity contribution in [1.29, 1.82) is 0 Å². The van der Waals surface area contributed by atoms with Crippen molar-refractivity contribution in [2.75, 3.05) is 19.7 Å². The van der Waals surface area contributed by atoms with Crippen LogP contribution in [0.15, 0.2) is 36.7 Å². The van der Waals surface area contributed by atoms with Crippen molar-refractivity contribution in [1.82, 2.24) is 14.7 Å². The van der Waals surface area contributed by atoms with Crippen LogP contribution >= 0.6 is 0 Å². The molecule has 126 valence electrons. The molecule has 2 aromatic rings. The van der Waals surface area contributed by atoms with E-state index in [4.69, 9.17) is 4.74 Å². The summed E-state index contributed by atoms with van der Waals surface area (Å²) in [5.74, 6) is -0.179. The van der Waals surface area contributed by atoms with Crippen molar-refractivity contribution in [2.24, 2.45) is 12.5 Å². The maximum atomic E-state index is 13.0. The summed E-state index contributed by atoms with van der Waals surface area (Å²) < 4.78 is 20.5. The lowest BCUT2D eigenvalue weighted by molar-refractivity contribution is -0.00134. The number of nitrogens with zero attached hydrogens (tertiary/aromatic N) is 3. The zero-order valence-electron chi connectivity index (χ0n) is 13.6. The predicted molar refractivity (Wildman–Crippen MR) is 86.0 cm³/mol. The van der Waals surface area contributed by atoms with Gasteiger partial charge in [-0.3, -0.25) is 9.48 Å². The molecule has 2 saturated heterocycles. The van der Waals surface area contributed by atoms with Crippen LogP contribution in [0, 0.1) is 11.2 Å². The molecule has 24 heavy (non-hydrogen) atoms. The average molecular weight is 329 g/mol. The number of amides is 1. The first-order chi connectivity index (χ1) is 11.5. The zero-order chi connectivity index (χ0) is 16.7. The highest BCUT2D eigenvalue weighted by molar-refractivity contribution is 5.94. The second-order valence-corrected chi connectivity index (χ2v) is 7.03. The number of hydrogen-bond acceptors (Lipinski definition) is 3. The minimum absolute atomic E-state index is 0.0377. The van der Waals surface area contributed by atoms with Crippen LogP contribution in [-0.2, 0) is 18.2 Å². The molecule has 3 heterocycles. The van der Waals surface area contributed by atoms with E-state index in [1.165, 1.54) is 12.1 Å². The summed E-state index contributed by atoms with van der Waals surface area (Å²) in [4.78, 5) is 14.2. The Kier molecular flexibility index (Phi) is 3.64. The van der Waals surface area contributed by atoms with Crippen molar-refractivity contribution >= 4 is 5.91 Å². The van der Waals surface area contributed by atoms with Crippen molar-refractivity contribution in [2.45, 2.75) is 18.9 Å². The molecule has 1 amide bonds. The Morgan fingerprint density at radius 2 is 2.12 bits per heavy atom. The van der Waals surface area contributed by atoms with E-state index in [-0.39, 0.29) is 23.2 Å². The molecule has 0 aliphatic carbocycles. The van der Waals surface area contributed by atoms with E-state index in [1.807, 2.05) is 17.0 Å². The smallest absolute Gasteiger partial charge is 0.257 e. The molecular weight excluding hydrogens is 309 g/mol. The van der Waals surface area contributed by atoms with E-state index < -0.39 is 0 Å². The van der Waals surface area contributed by atoms with Gasteiger partial charge < -0.3 is 9.64 Å². The van der Waals surface area contributed by atoms with Crippen LogP contribution in [0.4, 0.5) is 4.39 Å². The Morgan fingerprint density at radius 3 is 2.79 bits per heavy atom. The number of halogens is 1. The van der Waals surface area contributed by atoms with Crippen LogP contribution in [0.5, 0.6) is 0 Å². The lowest BCUT2D eigenvalue weighted by Gasteiger charge is -2.47. The highest BCUT2D eigenvalue weighted by Crippen LogP contribution is 2.42. The van der Waals surface area contributed by atoms with Crippen molar-refractivity contribution in [3.8, 4) is 0 Å². The number of hydrogen-bond donors (Lipinski definition) is 0. The Morgan fingerprint density at radius 1 is 1.38 bits per heavy atom. The van der Waals surface area contributed by atoms with Crippen LogP contribution in [-0.4, -0.2) is 46.4 Å². The molecule has 0 bridgehead atoms. The summed E-state index contributed by atoms with van der Waals surface area (Å²) >= 11 is 0. The monoisotopic (exact) mass is 329 g/mol. The Balaban J connectivity index is 1.33. The van der Waals surface area contributed by atoms with Crippen molar-refractivity contribution in [3.05, 3.63) is 53.6 Å². The fraction of sp³-hybridized carbons (Fsp3) is 0.444. The fourth-order valence-corrected chi connectivity index (χ4v) is 3.75. The number of rotatable bonds is 3. The van der Waals surface area contributed by atoms with E-state index >= 15 is 0 Å². The highest BCUT2D eigenvalue weighted by Gasteiger charge is 2.50. The van der Waals surface area contributed by atoms with Crippen LogP contribution in [0.3, 0.4) is 0 Å². The van der Waals surface area contributed by atoms with Gasteiger partial charge in [-0.1, -0.05) is 12.1 Å². The summed E-state index contributed by atoms with van der Waals surface area (Å²) in [6.45, 7) is 2.16. The van der Waals surface area contributed by atoms with Crippen LogP contribution in [0.2, 0.25) is 0 Å². The molecule has 2 aliphatic heterocycles. The maximum Gasteiger partial charge on any atom is 0.257 e. The van der Waals surface area contributed by atoms with Gasteiger partial charge in [0.1, 0.15) is 5.82 Å². The Labute approximate surface area is 140 Å². The molecule has 1 atom stereocenters. The predicted octanol–water partition coefficient (Wildman–Crippen LogP) is 2.03. The van der Waals surface area contributed by atoms with Gasteiger partial charge in [0.2, 0.25) is 0 Å². The van der Waals surface area contributed by atoms with E-state index in [2.05, 4.69) is 5.10 Å². The standard InChI is InChI=1S/C18H20FN3O2/c1-21-9-14(8-20-21)17(23)22-10-18(11-22)7-16(24-12-18)6-13-2-4-15(19)5-3-13/h2-5,8-9,16H,6-7,10-12H2,1H3/t16-/m0/s1. The van der Waals surface area contributed by atoms with Crippen LogP contribution in [0.1, 0.15) is 22.3 Å². The fourth-order valence-electron chi connectivity index (χ4n) is 3.75. The van der Waals surface area contributed by atoms with E-state index in [9.17, 15) is 9.18 Å². The van der Waals surface area contributed by atoms with Gasteiger partial charge in [-0.25, -0.2) is 4.39 Å². The second kappa shape index (κ2) is 5.70. The Hall–Kier alpha value is -2.21. The third-order valence-electron chi connectivity index (χ3n) is 4.95. The van der Waals surface area contributed by atoms with Gasteiger partial charge in [0.25, 0.3) is 5.91 Å². The van der Waals surface area contributed by atoms with Gasteiger partial charge in [0.05, 0.1) is 24.5 Å². The molecule has 4 rings (SSSR count). The normalized spacial score (nSPS) is 21.9. The summed E-state index contributed by atoms with van der Waals surface area (Å²) in [7, 11) is 1.80. The van der Waals surface area contributed by atoms with Gasteiger partial charge in [0.15, 0.2) is 0 Å². The molecule has 0 saturated carbocycles. The average Bonchev–Trinajstić information content (AvgIpc) is 3.14. The number of carbonyl (C=O) groups excluding carboxylic acids is 1. The second-order valence-electron chi connectivity index (χ2n) is 7.03. The quantitative estimate of drug-likeness (QED) is 0.866. The summed E-state index contributed by atoms with van der Waals surface area (Å²) in [6.07, 6.45) is 5.23. The summed E-state index contributed by atoms with van der Waals surface area (Å²) in [5, 5.41) is 4.05. The number of carbonyl (C=O) groups is 1. The molecule has 0 unspecified atom stereocenters. The molecular formula is C18H20FN3O2. The number of aromatic nitrogens is 2. The summed E-state index contributed by atoms with van der Waals surface area (Å²) in [5.41, 5.74) is 1.80. The van der Waals surface area contributed by atoms with Gasteiger partial charge in [-0.2, -0.15) is 5.10 Å². The van der Waals surface area contributed by atoms with Crippen LogP contribution in [0.25, 0.3) is 0 Å². The first kappa shape index (κ1) is 15.3. The number of benzene rings is 1. The maximum absolute atomic E-state index is 13.0. The molecule has 6 heteroatoms. The van der Waals surface area contributed by atoms with Gasteiger partial charge in [0, 0.05) is 31.7 Å². The SMILES string of the molecule is Cn1cc(C(=O)N2CC3(CO[C@@H](Cc4ccc(F)cc4)C3)C2)cn1. The lowest BCUT2D eigenvalue weighted by atomic mass is 9.77. The van der Waals surface area contributed by atoms with Gasteiger partial charge in [-0.15, -0.1) is 0 Å². The lowest BCUT2D eigenvalue weighted by Crippen LogP contribution is -2.58. The minimum Gasteiger partial charge on any atom is -0.377 e. The Bertz CT molecular complexity index is 750. The number of likely N-dealkylation sites (tertiary alicyclic amines) is 1. The van der Waals surface area contributed by atoms with Crippen molar-refractivity contribution < 1.29 is 13.9 Å². The molecule has 2 fully saturated rings. The highest BCUT2D eigenvalue weighted by atomic mass is 19.1. The topological polar surface area (TPSA) is 47.4 Å². The summed E-state index contributed by atoms with van der Waals surface area (Å²) in [6, 6.07) is 6.58. The zero-order valence-corrected chi connectivity index (χ0v) is 13.6. The molecule has 5 nitrogen and oxygen atoms in total. The molecule has 2 aliphatic rings. The van der Waals surface area contributed by atoms with Crippen molar-refractivity contribution in [3.63, 3.8) is 0 Å². The van der Waals surface area contributed by atoms with E-state index in [1.54, 1.807) is 24.1 Å². The van der Waals surface area contributed by atoms with E-state index in [0.29, 0.717) is 12.2 Å². The molecule has 1 aromatic carbocycles. The third kappa shape index (κ3) is 2.82. The minimum atomic E-state index is -0.217. The molecule has 1 spiro atoms. The molecule has 1 aromatic heterocycles. The number of ether oxygens (including phenoxy) is 1. The third-order valence-corrected chi connectivity index (χ3v) is 4.95. The molecule has 0 N–H and O–H groups in total. The van der Waals surface area contributed by atoms with Gasteiger partial charge >= 0.3 is 0 Å². The first-order valence-electron chi connectivity index (χ1n) is 8.17. The molecule has 0 radical (unpaired) electrons. The van der Waals surface area contributed by atoms with E-state index in [0.717, 1.165) is 31.5 Å². The largest absolute Gasteiger partial charge is 0.377 e. The van der Waals surface area contributed by atoms with Crippen LogP contribution < -0.4 is 0 Å². The van der Waals surface area contributed by atoms with Gasteiger partial charge in [-0.05, 0) is 30.5 Å².